The molecule has 0 spiro atoms. The van der Waals surface area contributed by atoms with Crippen LogP contribution in [0.2, 0.25) is 0 Å². The molecule has 3 nitrogen and oxygen atoms in total. The third-order valence-electron chi connectivity index (χ3n) is 6.57. The highest BCUT2D eigenvalue weighted by molar-refractivity contribution is 9.10. The summed E-state index contributed by atoms with van der Waals surface area (Å²) in [6.07, 6.45) is 6.36. The second-order valence-corrected chi connectivity index (χ2v) is 10.9. The van der Waals surface area contributed by atoms with Crippen LogP contribution in [0.1, 0.15) is 51.5 Å². The van der Waals surface area contributed by atoms with Crippen molar-refractivity contribution in [3.05, 3.63) is 29.8 Å². The van der Waals surface area contributed by atoms with Crippen LogP contribution in [0.15, 0.2) is 24.3 Å². The smallest absolute Gasteiger partial charge is 0.245 e. The maximum absolute atomic E-state index is 13.0. The highest BCUT2D eigenvalue weighted by Gasteiger charge is 2.55. The number of anilines is 1. The molecule has 4 aliphatic carbocycles. The maximum Gasteiger partial charge on any atom is 0.245 e. The quantitative estimate of drug-likeness (QED) is 0.717. The average Bonchev–Trinajstić information content (AvgIpc) is 2.51. The predicted octanol–water partition coefficient (Wildman–Crippen LogP) is 4.64. The number of amides is 1. The van der Waals surface area contributed by atoms with E-state index in [2.05, 4.69) is 45.6 Å². The molecular formula is C21H29BrN2O. The van der Waals surface area contributed by atoms with Crippen LogP contribution in [-0.2, 0) is 4.79 Å². The summed E-state index contributed by atoms with van der Waals surface area (Å²) in [6, 6.07) is 8.59. The van der Waals surface area contributed by atoms with Gasteiger partial charge in [-0.3, -0.25) is 4.79 Å². The second-order valence-electron chi connectivity index (χ2n) is 9.24. The Hall–Kier alpha value is -1.03. The molecule has 4 fully saturated rings. The summed E-state index contributed by atoms with van der Waals surface area (Å²) in [5.74, 6) is 2.27. The van der Waals surface area contributed by atoms with Crippen molar-refractivity contribution < 1.29 is 4.79 Å². The number of alkyl halides is 1. The van der Waals surface area contributed by atoms with E-state index in [1.165, 1.54) is 37.7 Å². The molecule has 136 valence electrons. The van der Waals surface area contributed by atoms with Crippen molar-refractivity contribution >= 4 is 27.5 Å². The number of rotatable bonds is 4. The Morgan fingerprint density at radius 2 is 1.72 bits per heavy atom. The number of halogens is 1. The van der Waals surface area contributed by atoms with Gasteiger partial charge >= 0.3 is 0 Å². The van der Waals surface area contributed by atoms with E-state index < -0.39 is 5.54 Å². The van der Waals surface area contributed by atoms with E-state index in [1.54, 1.807) is 0 Å². The van der Waals surface area contributed by atoms with Crippen LogP contribution < -0.4 is 10.6 Å². The number of hydrogen-bond acceptors (Lipinski definition) is 2. The van der Waals surface area contributed by atoms with E-state index in [1.807, 2.05) is 26.0 Å². The molecule has 0 aliphatic heterocycles. The molecule has 1 aromatic carbocycles. The summed E-state index contributed by atoms with van der Waals surface area (Å²) < 4.78 is 0.362. The van der Waals surface area contributed by atoms with Gasteiger partial charge in [0.2, 0.25) is 5.91 Å². The second kappa shape index (κ2) is 6.00. The van der Waals surface area contributed by atoms with Gasteiger partial charge in [-0.2, -0.15) is 0 Å². The van der Waals surface area contributed by atoms with E-state index in [-0.39, 0.29) is 5.91 Å². The summed E-state index contributed by atoms with van der Waals surface area (Å²) in [7, 11) is 0. The number of benzene rings is 1. The fourth-order valence-corrected chi connectivity index (χ4v) is 6.84. The summed E-state index contributed by atoms with van der Waals surface area (Å²) in [5.41, 5.74) is 1.61. The Bertz CT molecular complexity index is 653. The first-order valence-corrected chi connectivity index (χ1v) is 10.4. The molecular weight excluding hydrogens is 376 g/mol. The summed E-state index contributed by atoms with van der Waals surface area (Å²) >= 11 is 4.02. The van der Waals surface area contributed by atoms with Crippen LogP contribution >= 0.6 is 15.9 Å². The number of aryl methyl sites for hydroxylation is 1. The standard InChI is InChI=1S/C21H29BrN2O/c1-13-4-6-17(7-5-13)24-20(2,3)19(25)23-18-15-8-14-9-16(18)12-21(22,10-14)11-15/h4-7,14-16,18,24H,8-12H2,1-3H3,(H,23,25)/t14?,15-,16+,18?,21?. The highest BCUT2D eigenvalue weighted by Crippen LogP contribution is 2.59. The number of carbonyl (C=O) groups excluding carboxylic acids is 1. The highest BCUT2D eigenvalue weighted by atomic mass is 79.9. The molecule has 4 bridgehead atoms. The first-order chi connectivity index (χ1) is 11.7. The molecule has 2 N–H and O–H groups in total. The molecule has 4 saturated carbocycles. The first-order valence-electron chi connectivity index (χ1n) is 9.59. The molecule has 0 radical (unpaired) electrons. The normalized spacial score (nSPS) is 36.3. The third-order valence-corrected chi connectivity index (χ3v) is 7.54. The molecule has 0 heterocycles. The third kappa shape index (κ3) is 3.34. The van der Waals surface area contributed by atoms with Gasteiger partial charge in [-0.25, -0.2) is 0 Å². The molecule has 1 amide bonds. The minimum absolute atomic E-state index is 0.120. The van der Waals surface area contributed by atoms with Gasteiger partial charge in [-0.15, -0.1) is 0 Å². The molecule has 4 aliphatic rings. The molecule has 0 saturated heterocycles. The molecule has 0 aromatic heterocycles. The van der Waals surface area contributed by atoms with Crippen molar-refractivity contribution in [3.8, 4) is 0 Å². The van der Waals surface area contributed by atoms with Gasteiger partial charge in [0.15, 0.2) is 0 Å². The zero-order valence-electron chi connectivity index (χ0n) is 15.4. The van der Waals surface area contributed by atoms with Crippen LogP contribution in [-0.4, -0.2) is 21.8 Å². The Morgan fingerprint density at radius 1 is 1.12 bits per heavy atom. The van der Waals surface area contributed by atoms with E-state index in [4.69, 9.17) is 0 Å². The molecule has 25 heavy (non-hydrogen) atoms. The largest absolute Gasteiger partial charge is 0.372 e. The van der Waals surface area contributed by atoms with E-state index in [0.29, 0.717) is 22.2 Å². The molecule has 4 heteroatoms. The Labute approximate surface area is 159 Å². The minimum Gasteiger partial charge on any atom is -0.372 e. The van der Waals surface area contributed by atoms with Crippen molar-refractivity contribution in [2.45, 2.75) is 68.8 Å². The van der Waals surface area contributed by atoms with Crippen molar-refractivity contribution in [1.82, 2.24) is 5.32 Å². The first kappa shape index (κ1) is 17.4. The van der Waals surface area contributed by atoms with Crippen LogP contribution in [0.3, 0.4) is 0 Å². The lowest BCUT2D eigenvalue weighted by Crippen LogP contribution is -2.62. The van der Waals surface area contributed by atoms with Gasteiger partial charge in [0, 0.05) is 16.1 Å². The van der Waals surface area contributed by atoms with Crippen molar-refractivity contribution in [2.24, 2.45) is 17.8 Å². The van der Waals surface area contributed by atoms with Crippen molar-refractivity contribution in [3.63, 3.8) is 0 Å². The van der Waals surface area contributed by atoms with Gasteiger partial charge in [0.1, 0.15) is 5.54 Å². The van der Waals surface area contributed by atoms with Crippen LogP contribution in [0, 0.1) is 24.7 Å². The fourth-order valence-electron chi connectivity index (χ4n) is 5.55. The van der Waals surface area contributed by atoms with Gasteiger partial charge in [0.25, 0.3) is 0 Å². The van der Waals surface area contributed by atoms with Gasteiger partial charge in [-0.05, 0) is 82.8 Å². The van der Waals surface area contributed by atoms with E-state index in [0.717, 1.165) is 11.6 Å². The predicted molar refractivity (Wildman–Crippen MR) is 106 cm³/mol. The number of nitrogens with one attached hydrogen (secondary N) is 2. The molecule has 1 aromatic rings. The van der Waals surface area contributed by atoms with Crippen molar-refractivity contribution in [2.75, 3.05) is 5.32 Å². The van der Waals surface area contributed by atoms with Gasteiger partial charge < -0.3 is 10.6 Å². The van der Waals surface area contributed by atoms with Gasteiger partial charge in [0.05, 0.1) is 0 Å². The van der Waals surface area contributed by atoms with Crippen LogP contribution in [0.5, 0.6) is 0 Å². The fraction of sp³-hybridized carbons (Fsp3) is 0.667. The van der Waals surface area contributed by atoms with Crippen LogP contribution in [0.4, 0.5) is 5.69 Å². The molecule has 5 rings (SSSR count). The summed E-state index contributed by atoms with van der Waals surface area (Å²) in [5, 5.41) is 6.83. The average molecular weight is 405 g/mol. The Balaban J connectivity index is 1.43. The lowest BCUT2D eigenvalue weighted by Gasteiger charge is -2.58. The zero-order valence-corrected chi connectivity index (χ0v) is 17.0. The van der Waals surface area contributed by atoms with Crippen molar-refractivity contribution in [1.29, 1.82) is 0 Å². The topological polar surface area (TPSA) is 41.1 Å². The number of hydrogen-bond donors (Lipinski definition) is 2. The zero-order chi connectivity index (χ0) is 17.8. The summed E-state index contributed by atoms with van der Waals surface area (Å²) in [4.78, 5) is 13.0. The summed E-state index contributed by atoms with van der Waals surface area (Å²) in [6.45, 7) is 6.03. The lowest BCUT2D eigenvalue weighted by molar-refractivity contribution is -0.128. The number of carbonyl (C=O) groups is 1. The van der Waals surface area contributed by atoms with Gasteiger partial charge in [-0.1, -0.05) is 33.6 Å². The molecule has 5 atom stereocenters. The van der Waals surface area contributed by atoms with E-state index in [9.17, 15) is 4.79 Å². The Kier molecular flexibility index (Phi) is 4.18. The SMILES string of the molecule is Cc1ccc(NC(C)(C)C(=O)NC2[C@@H]3CC4C[C@H]2CC(Br)(C4)C3)cc1. The van der Waals surface area contributed by atoms with E-state index >= 15 is 0 Å². The monoisotopic (exact) mass is 404 g/mol. The van der Waals surface area contributed by atoms with Crippen LogP contribution in [0.25, 0.3) is 0 Å². The molecule has 3 unspecified atom stereocenters. The maximum atomic E-state index is 13.0. The minimum atomic E-state index is -0.615. The Morgan fingerprint density at radius 3 is 2.28 bits per heavy atom. The lowest BCUT2D eigenvalue weighted by atomic mass is 9.54.